The largest absolute Gasteiger partial charge is 0.492 e. The predicted octanol–water partition coefficient (Wildman–Crippen LogP) is 2.58. The van der Waals surface area contributed by atoms with E-state index in [0.29, 0.717) is 12.5 Å². The summed E-state index contributed by atoms with van der Waals surface area (Å²) >= 11 is 0. The van der Waals surface area contributed by atoms with E-state index in [4.69, 9.17) is 9.15 Å². The molecule has 0 saturated carbocycles. The molecule has 0 aliphatic carbocycles. The smallest absolute Gasteiger partial charge is 0.137 e. The normalized spacial score (nSPS) is 18.1. The minimum Gasteiger partial charge on any atom is -0.492 e. The second kappa shape index (κ2) is 6.88. The van der Waals surface area contributed by atoms with Crippen LogP contribution in [0.3, 0.4) is 0 Å². The van der Waals surface area contributed by atoms with Crippen molar-refractivity contribution < 1.29 is 9.15 Å². The van der Waals surface area contributed by atoms with E-state index in [9.17, 15) is 0 Å². The van der Waals surface area contributed by atoms with Gasteiger partial charge < -0.3 is 13.7 Å². The number of ether oxygens (including phenoxy) is 1. The Morgan fingerprint density at radius 2 is 2.25 bits per heavy atom. The molecule has 4 heterocycles. The first-order chi connectivity index (χ1) is 11.9. The van der Waals surface area contributed by atoms with Crippen LogP contribution >= 0.6 is 0 Å². The van der Waals surface area contributed by atoms with E-state index < -0.39 is 0 Å². The van der Waals surface area contributed by atoms with Gasteiger partial charge in [-0.1, -0.05) is 0 Å². The first-order valence-electron chi connectivity index (χ1n) is 8.13. The quantitative estimate of drug-likeness (QED) is 0.722. The molecule has 0 saturated heterocycles. The maximum Gasteiger partial charge on any atom is 0.137 e. The van der Waals surface area contributed by atoms with Gasteiger partial charge in [-0.25, -0.2) is 4.98 Å². The van der Waals surface area contributed by atoms with Gasteiger partial charge >= 0.3 is 0 Å². The fourth-order valence-corrected chi connectivity index (χ4v) is 3.14. The minimum atomic E-state index is 0.382. The highest BCUT2D eigenvalue weighted by Crippen LogP contribution is 2.19. The lowest BCUT2D eigenvalue weighted by Crippen LogP contribution is -2.30. The van der Waals surface area contributed by atoms with E-state index in [1.807, 2.05) is 30.6 Å². The summed E-state index contributed by atoms with van der Waals surface area (Å²) < 4.78 is 13.4. The molecule has 0 aromatic carbocycles. The molecule has 1 atom stereocenters. The summed E-state index contributed by atoms with van der Waals surface area (Å²) in [6, 6.07) is 5.84. The maximum absolute atomic E-state index is 5.93. The fraction of sp³-hybridized carbons (Fsp3) is 0.333. The lowest BCUT2D eigenvalue weighted by Gasteiger charge is -2.23. The van der Waals surface area contributed by atoms with Crippen molar-refractivity contribution in [1.82, 2.24) is 19.4 Å². The second-order valence-corrected chi connectivity index (χ2v) is 6.16. The van der Waals surface area contributed by atoms with E-state index >= 15 is 0 Å². The molecule has 0 spiro atoms. The molecule has 0 radical (unpaired) electrons. The van der Waals surface area contributed by atoms with Crippen LogP contribution in [0.5, 0.6) is 5.75 Å². The zero-order chi connectivity index (χ0) is 16.2. The highest BCUT2D eigenvalue weighted by Gasteiger charge is 2.23. The molecule has 4 rings (SSSR count). The van der Waals surface area contributed by atoms with Crippen LogP contribution in [0.2, 0.25) is 0 Å². The molecule has 1 aliphatic heterocycles. The number of hydrogen-bond acceptors (Lipinski definition) is 5. The average Bonchev–Trinajstić information content (AvgIpc) is 3.23. The van der Waals surface area contributed by atoms with Crippen LogP contribution in [-0.2, 0) is 19.6 Å². The van der Waals surface area contributed by atoms with Crippen LogP contribution < -0.4 is 4.74 Å². The molecule has 0 N–H and O–H groups in total. The molecular weight excluding hydrogens is 304 g/mol. The average molecular weight is 324 g/mol. The van der Waals surface area contributed by atoms with Crippen LogP contribution in [0.25, 0.3) is 0 Å². The molecule has 1 aliphatic rings. The first kappa shape index (κ1) is 15.0. The highest BCUT2D eigenvalue weighted by atomic mass is 16.5. The third-order valence-electron chi connectivity index (χ3n) is 4.24. The van der Waals surface area contributed by atoms with Crippen molar-refractivity contribution >= 4 is 0 Å². The molecule has 0 amide bonds. The van der Waals surface area contributed by atoms with Crippen LogP contribution in [-0.4, -0.2) is 32.6 Å². The van der Waals surface area contributed by atoms with Crippen molar-refractivity contribution in [1.29, 1.82) is 0 Å². The van der Waals surface area contributed by atoms with Crippen molar-refractivity contribution in [3.63, 3.8) is 0 Å². The Morgan fingerprint density at radius 1 is 1.25 bits per heavy atom. The van der Waals surface area contributed by atoms with Gasteiger partial charge in [0.25, 0.3) is 0 Å². The Morgan fingerprint density at radius 3 is 3.08 bits per heavy atom. The van der Waals surface area contributed by atoms with E-state index in [2.05, 4.69) is 19.4 Å². The van der Waals surface area contributed by atoms with E-state index in [-0.39, 0.29) is 0 Å². The van der Waals surface area contributed by atoms with Crippen molar-refractivity contribution in [3.8, 4) is 5.75 Å². The third-order valence-corrected chi connectivity index (χ3v) is 4.24. The fourth-order valence-electron chi connectivity index (χ4n) is 3.14. The van der Waals surface area contributed by atoms with Gasteiger partial charge in [-0.3, -0.25) is 9.88 Å². The summed E-state index contributed by atoms with van der Waals surface area (Å²) in [7, 11) is 0. The number of nitrogens with zero attached hydrogens (tertiary/aromatic N) is 4. The van der Waals surface area contributed by atoms with Gasteiger partial charge in [0.2, 0.25) is 0 Å². The molecular formula is C18H20N4O2. The standard InChI is InChI=1S/C18H20N4O2/c1-2-17(8-19-4-1)24-14-16-10-21(9-15-3-7-23-13-15)12-18-20-5-6-22(18)11-16/h1-8,13,16H,9-12,14H2/t16-/m1/s1. The number of furan rings is 1. The molecule has 0 fully saturated rings. The topological polar surface area (TPSA) is 56.3 Å². The van der Waals surface area contributed by atoms with Crippen LogP contribution in [0.4, 0.5) is 0 Å². The zero-order valence-corrected chi connectivity index (χ0v) is 13.4. The Kier molecular flexibility index (Phi) is 4.29. The predicted molar refractivity (Wildman–Crippen MR) is 88.3 cm³/mol. The van der Waals surface area contributed by atoms with E-state index in [1.165, 1.54) is 5.56 Å². The van der Waals surface area contributed by atoms with Gasteiger partial charge in [0.05, 0.1) is 31.9 Å². The van der Waals surface area contributed by atoms with E-state index in [0.717, 1.165) is 37.8 Å². The Balaban J connectivity index is 1.46. The SMILES string of the molecule is c1cncc(OC[C@@H]2CN(Cc3ccoc3)Cc3nccn3C2)c1. The first-order valence-corrected chi connectivity index (χ1v) is 8.13. The second-order valence-electron chi connectivity index (χ2n) is 6.16. The summed E-state index contributed by atoms with van der Waals surface area (Å²) in [6.07, 6.45) is 10.9. The molecule has 24 heavy (non-hydrogen) atoms. The molecule has 6 nitrogen and oxygen atoms in total. The van der Waals surface area contributed by atoms with Crippen LogP contribution in [0.15, 0.2) is 59.9 Å². The minimum absolute atomic E-state index is 0.382. The summed E-state index contributed by atoms with van der Waals surface area (Å²) in [6.45, 7) is 4.21. The third kappa shape index (κ3) is 3.49. The van der Waals surface area contributed by atoms with Gasteiger partial charge in [0.1, 0.15) is 11.6 Å². The number of imidazole rings is 1. The zero-order valence-electron chi connectivity index (χ0n) is 13.4. The number of hydrogen-bond donors (Lipinski definition) is 0. The van der Waals surface area contributed by atoms with Crippen molar-refractivity contribution in [3.05, 3.63) is 66.9 Å². The summed E-state index contributed by atoms with van der Waals surface area (Å²) in [5.41, 5.74) is 1.18. The van der Waals surface area contributed by atoms with Crippen molar-refractivity contribution in [2.45, 2.75) is 19.6 Å². The molecule has 3 aromatic heterocycles. The molecule has 6 heteroatoms. The molecule has 3 aromatic rings. The maximum atomic E-state index is 5.93. The van der Waals surface area contributed by atoms with Gasteiger partial charge in [0, 0.05) is 49.7 Å². The van der Waals surface area contributed by atoms with Crippen LogP contribution in [0.1, 0.15) is 11.4 Å². The summed E-state index contributed by atoms with van der Waals surface area (Å²) in [4.78, 5) is 11.0. The number of aromatic nitrogens is 3. The molecule has 124 valence electrons. The Labute approximate surface area is 140 Å². The van der Waals surface area contributed by atoms with Gasteiger partial charge in [-0.2, -0.15) is 0 Å². The number of rotatable bonds is 5. The number of pyridine rings is 1. The lowest BCUT2D eigenvalue weighted by atomic mass is 10.1. The van der Waals surface area contributed by atoms with Gasteiger partial charge in [-0.05, 0) is 18.2 Å². The molecule has 0 unspecified atom stereocenters. The van der Waals surface area contributed by atoms with Crippen molar-refractivity contribution in [2.24, 2.45) is 5.92 Å². The summed E-state index contributed by atoms with van der Waals surface area (Å²) in [5.74, 6) is 2.30. The van der Waals surface area contributed by atoms with Crippen LogP contribution in [0, 0.1) is 5.92 Å². The summed E-state index contributed by atoms with van der Waals surface area (Å²) in [5, 5.41) is 0. The van der Waals surface area contributed by atoms with Gasteiger partial charge in [-0.15, -0.1) is 0 Å². The number of fused-ring (bicyclic) bond motifs is 1. The highest BCUT2D eigenvalue weighted by molar-refractivity contribution is 5.15. The monoisotopic (exact) mass is 324 g/mol. The van der Waals surface area contributed by atoms with E-state index in [1.54, 1.807) is 24.9 Å². The lowest BCUT2D eigenvalue weighted by molar-refractivity contribution is 0.167. The van der Waals surface area contributed by atoms with Gasteiger partial charge in [0.15, 0.2) is 0 Å². The molecule has 0 bridgehead atoms. The Bertz CT molecular complexity index is 754. The van der Waals surface area contributed by atoms with Crippen molar-refractivity contribution in [2.75, 3.05) is 13.2 Å². The Hall–Kier alpha value is -2.60.